The van der Waals surface area contributed by atoms with E-state index in [1.54, 1.807) is 30.3 Å². The summed E-state index contributed by atoms with van der Waals surface area (Å²) in [6.45, 7) is 2.03. The van der Waals surface area contributed by atoms with E-state index < -0.39 is 11.8 Å². The third-order valence-corrected chi connectivity index (χ3v) is 3.89. The van der Waals surface area contributed by atoms with E-state index in [0.717, 1.165) is 12.0 Å². The summed E-state index contributed by atoms with van der Waals surface area (Å²) in [4.78, 5) is 23.5. The maximum Gasteiger partial charge on any atom is 0.329 e. The van der Waals surface area contributed by atoms with Gasteiger partial charge in [-0.25, -0.2) is 5.43 Å². The summed E-state index contributed by atoms with van der Waals surface area (Å²) in [7, 11) is 0. The van der Waals surface area contributed by atoms with Gasteiger partial charge in [0.15, 0.2) is 0 Å². The SMILES string of the molecule is CCc1ccc(NC(=O)C(=O)N/N=C\c2ccc(Cl)c(Cl)c2)cc1. The van der Waals surface area contributed by atoms with E-state index in [2.05, 4.69) is 15.8 Å². The Morgan fingerprint density at radius 3 is 2.38 bits per heavy atom. The third-order valence-electron chi connectivity index (χ3n) is 3.15. The Labute approximate surface area is 149 Å². The second-order valence-electron chi connectivity index (χ2n) is 4.88. The van der Waals surface area contributed by atoms with E-state index in [0.29, 0.717) is 21.3 Å². The molecule has 2 aromatic rings. The van der Waals surface area contributed by atoms with Gasteiger partial charge >= 0.3 is 11.8 Å². The summed E-state index contributed by atoms with van der Waals surface area (Å²) in [5.74, 6) is -1.67. The van der Waals surface area contributed by atoms with Gasteiger partial charge in [0.05, 0.1) is 16.3 Å². The van der Waals surface area contributed by atoms with Crippen LogP contribution in [0.1, 0.15) is 18.1 Å². The van der Waals surface area contributed by atoms with E-state index in [-0.39, 0.29) is 0 Å². The second-order valence-corrected chi connectivity index (χ2v) is 5.69. The molecule has 0 unspecified atom stereocenters. The molecular weight excluding hydrogens is 349 g/mol. The highest BCUT2D eigenvalue weighted by Gasteiger charge is 2.12. The van der Waals surface area contributed by atoms with Crippen LogP contribution in [0.4, 0.5) is 5.69 Å². The molecule has 2 aromatic carbocycles. The predicted octanol–water partition coefficient (Wildman–Crippen LogP) is 3.64. The lowest BCUT2D eigenvalue weighted by molar-refractivity contribution is -0.136. The predicted molar refractivity (Wildman–Crippen MR) is 96.6 cm³/mol. The number of amides is 2. The van der Waals surface area contributed by atoms with Crippen molar-refractivity contribution in [2.24, 2.45) is 5.10 Å². The van der Waals surface area contributed by atoms with Gasteiger partial charge < -0.3 is 5.32 Å². The zero-order valence-electron chi connectivity index (χ0n) is 12.8. The molecule has 0 saturated carbocycles. The summed E-state index contributed by atoms with van der Waals surface area (Å²) < 4.78 is 0. The highest BCUT2D eigenvalue weighted by Crippen LogP contribution is 2.21. The van der Waals surface area contributed by atoms with Crippen LogP contribution in [-0.2, 0) is 16.0 Å². The minimum atomic E-state index is -0.870. The first-order valence-electron chi connectivity index (χ1n) is 7.18. The number of hydrogen-bond donors (Lipinski definition) is 2. The zero-order valence-corrected chi connectivity index (χ0v) is 14.4. The van der Waals surface area contributed by atoms with Crippen molar-refractivity contribution in [2.45, 2.75) is 13.3 Å². The van der Waals surface area contributed by atoms with E-state index in [4.69, 9.17) is 23.2 Å². The number of nitrogens with one attached hydrogen (secondary N) is 2. The average molecular weight is 364 g/mol. The van der Waals surface area contributed by atoms with Crippen LogP contribution in [0.2, 0.25) is 10.0 Å². The molecule has 0 aliphatic carbocycles. The topological polar surface area (TPSA) is 70.6 Å². The molecule has 0 fully saturated rings. The number of rotatable bonds is 4. The van der Waals surface area contributed by atoms with E-state index in [1.807, 2.05) is 19.1 Å². The van der Waals surface area contributed by atoms with E-state index >= 15 is 0 Å². The normalized spacial score (nSPS) is 10.6. The lowest BCUT2D eigenvalue weighted by Gasteiger charge is -2.04. The average Bonchev–Trinajstić information content (AvgIpc) is 2.58. The second kappa shape index (κ2) is 8.47. The van der Waals surface area contributed by atoms with Crippen LogP contribution < -0.4 is 10.7 Å². The first-order chi connectivity index (χ1) is 11.5. The van der Waals surface area contributed by atoms with Gasteiger partial charge in [0.1, 0.15) is 0 Å². The lowest BCUT2D eigenvalue weighted by Crippen LogP contribution is -2.32. The Balaban J connectivity index is 1.89. The Kier molecular flexibility index (Phi) is 6.35. The van der Waals surface area contributed by atoms with Crippen molar-refractivity contribution in [3.05, 3.63) is 63.6 Å². The molecule has 0 spiro atoms. The Morgan fingerprint density at radius 2 is 1.75 bits per heavy atom. The third kappa shape index (κ3) is 5.08. The molecule has 0 atom stereocenters. The van der Waals surface area contributed by atoms with Gasteiger partial charge in [-0.2, -0.15) is 5.10 Å². The fourth-order valence-electron chi connectivity index (χ4n) is 1.82. The fourth-order valence-corrected chi connectivity index (χ4v) is 2.13. The minimum Gasteiger partial charge on any atom is -0.318 e. The summed E-state index contributed by atoms with van der Waals surface area (Å²) in [5.41, 5.74) is 4.47. The Morgan fingerprint density at radius 1 is 1.04 bits per heavy atom. The number of carbonyl (C=O) groups excluding carboxylic acids is 2. The number of anilines is 1. The molecule has 2 N–H and O–H groups in total. The first-order valence-corrected chi connectivity index (χ1v) is 7.93. The van der Waals surface area contributed by atoms with Crippen molar-refractivity contribution in [2.75, 3.05) is 5.32 Å². The molecule has 0 aromatic heterocycles. The molecule has 2 amide bonds. The smallest absolute Gasteiger partial charge is 0.318 e. The van der Waals surface area contributed by atoms with Crippen molar-refractivity contribution in [3.63, 3.8) is 0 Å². The summed E-state index contributed by atoms with van der Waals surface area (Å²) in [6, 6.07) is 12.1. The van der Waals surface area contributed by atoms with Crippen LogP contribution >= 0.6 is 23.2 Å². The highest BCUT2D eigenvalue weighted by atomic mass is 35.5. The monoisotopic (exact) mass is 363 g/mol. The van der Waals surface area contributed by atoms with Crippen molar-refractivity contribution in [3.8, 4) is 0 Å². The summed E-state index contributed by atoms with van der Waals surface area (Å²) >= 11 is 11.7. The maximum absolute atomic E-state index is 11.8. The van der Waals surface area contributed by atoms with Gasteiger partial charge in [-0.3, -0.25) is 9.59 Å². The molecule has 24 heavy (non-hydrogen) atoms. The van der Waals surface area contributed by atoms with Crippen LogP contribution in [0.5, 0.6) is 0 Å². The number of aryl methyl sites for hydroxylation is 1. The van der Waals surface area contributed by atoms with E-state index in [9.17, 15) is 9.59 Å². The van der Waals surface area contributed by atoms with Crippen LogP contribution in [0.25, 0.3) is 0 Å². The maximum atomic E-state index is 11.8. The van der Waals surface area contributed by atoms with Gasteiger partial charge in [-0.15, -0.1) is 0 Å². The number of nitrogens with zero attached hydrogens (tertiary/aromatic N) is 1. The minimum absolute atomic E-state index is 0.375. The zero-order chi connectivity index (χ0) is 17.5. The number of halogens is 2. The Bertz CT molecular complexity index is 774. The Hall–Kier alpha value is -2.37. The molecule has 7 heteroatoms. The molecule has 0 heterocycles. The first kappa shape index (κ1) is 18.0. The molecule has 124 valence electrons. The van der Waals surface area contributed by atoms with Crippen LogP contribution in [-0.4, -0.2) is 18.0 Å². The van der Waals surface area contributed by atoms with E-state index in [1.165, 1.54) is 6.21 Å². The molecule has 5 nitrogen and oxygen atoms in total. The number of carbonyl (C=O) groups is 2. The summed E-state index contributed by atoms with van der Waals surface area (Å²) in [6.07, 6.45) is 2.27. The largest absolute Gasteiger partial charge is 0.329 e. The van der Waals surface area contributed by atoms with Gasteiger partial charge in [0.2, 0.25) is 0 Å². The summed E-state index contributed by atoms with van der Waals surface area (Å²) in [5, 5.41) is 7.01. The van der Waals surface area contributed by atoms with Gasteiger partial charge in [-0.1, -0.05) is 48.3 Å². The van der Waals surface area contributed by atoms with Crippen LogP contribution in [0, 0.1) is 0 Å². The van der Waals surface area contributed by atoms with Gasteiger partial charge in [0.25, 0.3) is 0 Å². The standard InChI is InChI=1S/C17H15Cl2N3O2/c1-2-11-3-6-13(7-4-11)21-16(23)17(24)22-20-10-12-5-8-14(18)15(19)9-12/h3-10H,2H2,1H3,(H,21,23)(H,22,24)/b20-10-. The van der Waals surface area contributed by atoms with Crippen molar-refractivity contribution in [1.82, 2.24) is 5.43 Å². The van der Waals surface area contributed by atoms with Crippen molar-refractivity contribution >= 4 is 46.9 Å². The fraction of sp³-hybridized carbons (Fsp3) is 0.118. The molecule has 0 saturated heterocycles. The molecule has 0 bridgehead atoms. The van der Waals surface area contributed by atoms with Crippen LogP contribution in [0.15, 0.2) is 47.6 Å². The van der Waals surface area contributed by atoms with Crippen molar-refractivity contribution < 1.29 is 9.59 Å². The molecule has 0 radical (unpaired) electrons. The number of benzene rings is 2. The molecule has 0 aliphatic rings. The quantitative estimate of drug-likeness (QED) is 0.494. The van der Waals surface area contributed by atoms with Gasteiger partial charge in [0, 0.05) is 5.69 Å². The highest BCUT2D eigenvalue weighted by molar-refractivity contribution is 6.42. The molecular formula is C17H15Cl2N3O2. The lowest BCUT2D eigenvalue weighted by atomic mass is 10.1. The van der Waals surface area contributed by atoms with Crippen LogP contribution in [0.3, 0.4) is 0 Å². The van der Waals surface area contributed by atoms with Crippen molar-refractivity contribution in [1.29, 1.82) is 0 Å². The van der Waals surface area contributed by atoms with Gasteiger partial charge in [-0.05, 0) is 41.8 Å². The molecule has 0 aliphatic heterocycles. The number of hydrogen-bond acceptors (Lipinski definition) is 3. The molecule has 2 rings (SSSR count). The number of hydrazone groups is 1.